The zero-order valence-electron chi connectivity index (χ0n) is 12.0. The monoisotopic (exact) mass is 264 g/mol. The second-order valence-corrected chi connectivity index (χ2v) is 5.93. The average molecular weight is 264 g/mol. The number of aliphatic hydroxyl groups excluding tert-OH is 1. The van der Waals surface area contributed by atoms with Crippen LogP contribution < -0.4 is 4.74 Å². The number of methoxy groups -OCH3 is 1. The van der Waals surface area contributed by atoms with E-state index < -0.39 is 11.7 Å². The summed E-state index contributed by atoms with van der Waals surface area (Å²) in [5.74, 6) is 1.28. The van der Waals surface area contributed by atoms with Crippen molar-refractivity contribution in [3.8, 4) is 5.75 Å². The molecule has 0 radical (unpaired) electrons. The lowest BCUT2D eigenvalue weighted by Crippen LogP contribution is -2.40. The molecule has 1 aromatic carbocycles. The summed E-state index contributed by atoms with van der Waals surface area (Å²) in [5.41, 5.74) is 0.732. The SMILES string of the molecule is COc1ccc(C)cc1C(O)C1(O)CCC(C)CC1. The van der Waals surface area contributed by atoms with Crippen LogP contribution in [0.1, 0.15) is 49.8 Å². The third kappa shape index (κ3) is 2.93. The molecule has 1 aromatic rings. The maximum Gasteiger partial charge on any atom is 0.124 e. The molecule has 0 aliphatic heterocycles. The Morgan fingerprint density at radius 3 is 2.53 bits per heavy atom. The lowest BCUT2D eigenvalue weighted by molar-refractivity contribution is -0.106. The van der Waals surface area contributed by atoms with Gasteiger partial charge in [-0.15, -0.1) is 0 Å². The van der Waals surface area contributed by atoms with Crippen molar-refractivity contribution in [2.75, 3.05) is 7.11 Å². The normalized spacial score (nSPS) is 29.0. The number of aliphatic hydroxyl groups is 2. The molecule has 1 saturated carbocycles. The highest BCUT2D eigenvalue weighted by molar-refractivity contribution is 5.39. The van der Waals surface area contributed by atoms with Gasteiger partial charge in [-0.1, -0.05) is 18.6 Å². The van der Waals surface area contributed by atoms with Gasteiger partial charge in [0.2, 0.25) is 0 Å². The summed E-state index contributed by atoms with van der Waals surface area (Å²) in [7, 11) is 1.59. The van der Waals surface area contributed by atoms with Crippen LogP contribution in [0, 0.1) is 12.8 Å². The van der Waals surface area contributed by atoms with E-state index in [1.54, 1.807) is 7.11 Å². The molecule has 0 amide bonds. The summed E-state index contributed by atoms with van der Waals surface area (Å²) in [6.45, 7) is 4.17. The van der Waals surface area contributed by atoms with Crippen LogP contribution in [0.2, 0.25) is 0 Å². The first-order valence-electron chi connectivity index (χ1n) is 7.01. The molecule has 0 heterocycles. The predicted octanol–water partition coefficient (Wildman–Crippen LogP) is 2.98. The first-order valence-corrected chi connectivity index (χ1v) is 7.01. The van der Waals surface area contributed by atoms with E-state index in [0.717, 1.165) is 18.4 Å². The van der Waals surface area contributed by atoms with Crippen molar-refractivity contribution in [3.63, 3.8) is 0 Å². The molecule has 1 aliphatic carbocycles. The molecule has 0 saturated heterocycles. The minimum Gasteiger partial charge on any atom is -0.496 e. The molecule has 2 rings (SSSR count). The van der Waals surface area contributed by atoms with Crippen molar-refractivity contribution in [2.24, 2.45) is 5.92 Å². The number of hydrogen-bond acceptors (Lipinski definition) is 3. The molecule has 19 heavy (non-hydrogen) atoms. The van der Waals surface area contributed by atoms with Crippen molar-refractivity contribution in [1.29, 1.82) is 0 Å². The van der Waals surface area contributed by atoms with Gasteiger partial charge in [-0.3, -0.25) is 0 Å². The number of ether oxygens (including phenoxy) is 1. The Morgan fingerprint density at radius 2 is 1.95 bits per heavy atom. The van der Waals surface area contributed by atoms with Gasteiger partial charge in [0.1, 0.15) is 11.9 Å². The summed E-state index contributed by atoms with van der Waals surface area (Å²) in [5, 5.41) is 21.3. The molecule has 1 fully saturated rings. The minimum atomic E-state index is -1.02. The van der Waals surface area contributed by atoms with Crippen LogP contribution in [0.25, 0.3) is 0 Å². The Morgan fingerprint density at radius 1 is 1.32 bits per heavy atom. The van der Waals surface area contributed by atoms with Gasteiger partial charge < -0.3 is 14.9 Å². The standard InChI is InChI=1S/C16H24O3/c1-11-6-8-16(18,9-7-11)15(17)13-10-12(2)4-5-14(13)19-3/h4-5,10-11,15,17-18H,6-9H2,1-3H3. The van der Waals surface area contributed by atoms with E-state index in [4.69, 9.17) is 4.74 Å². The fourth-order valence-electron chi connectivity index (χ4n) is 2.89. The Bertz CT molecular complexity index is 434. The Balaban J connectivity index is 2.28. The first kappa shape index (κ1) is 14.4. The summed E-state index contributed by atoms with van der Waals surface area (Å²) in [6, 6.07) is 5.70. The third-order valence-corrected chi connectivity index (χ3v) is 4.33. The first-order chi connectivity index (χ1) is 8.96. The molecule has 106 valence electrons. The van der Waals surface area contributed by atoms with E-state index in [9.17, 15) is 10.2 Å². The highest BCUT2D eigenvalue weighted by atomic mass is 16.5. The number of rotatable bonds is 3. The van der Waals surface area contributed by atoms with Crippen LogP contribution in [0.3, 0.4) is 0 Å². The fourth-order valence-corrected chi connectivity index (χ4v) is 2.89. The number of benzene rings is 1. The lowest BCUT2D eigenvalue weighted by atomic mass is 9.74. The summed E-state index contributed by atoms with van der Waals surface area (Å²) in [4.78, 5) is 0. The molecule has 2 N–H and O–H groups in total. The molecule has 3 heteroatoms. The van der Waals surface area contributed by atoms with E-state index in [0.29, 0.717) is 30.1 Å². The Hall–Kier alpha value is -1.06. The van der Waals surface area contributed by atoms with Crippen molar-refractivity contribution in [2.45, 2.75) is 51.2 Å². The van der Waals surface area contributed by atoms with Gasteiger partial charge in [0.15, 0.2) is 0 Å². The van der Waals surface area contributed by atoms with Crippen molar-refractivity contribution in [1.82, 2.24) is 0 Å². The average Bonchev–Trinajstić information content (AvgIpc) is 2.41. The largest absolute Gasteiger partial charge is 0.496 e. The van der Waals surface area contributed by atoms with Gasteiger partial charge >= 0.3 is 0 Å². The highest BCUT2D eigenvalue weighted by Gasteiger charge is 2.40. The lowest BCUT2D eigenvalue weighted by Gasteiger charge is -2.39. The van der Waals surface area contributed by atoms with Gasteiger partial charge in [0.25, 0.3) is 0 Å². The van der Waals surface area contributed by atoms with Crippen LogP contribution in [0.15, 0.2) is 18.2 Å². The van der Waals surface area contributed by atoms with Crippen LogP contribution in [0.4, 0.5) is 0 Å². The van der Waals surface area contributed by atoms with Crippen molar-refractivity contribution < 1.29 is 14.9 Å². The zero-order chi connectivity index (χ0) is 14.0. The quantitative estimate of drug-likeness (QED) is 0.882. The Kier molecular flexibility index (Phi) is 4.16. The molecule has 1 atom stereocenters. The molecular formula is C16H24O3. The predicted molar refractivity (Wildman–Crippen MR) is 75.3 cm³/mol. The summed E-state index contributed by atoms with van der Waals surface area (Å²) in [6.07, 6.45) is 2.33. The van der Waals surface area contributed by atoms with Crippen LogP contribution in [0.5, 0.6) is 5.75 Å². The van der Waals surface area contributed by atoms with Crippen molar-refractivity contribution >= 4 is 0 Å². The Labute approximate surface area is 115 Å². The van der Waals surface area contributed by atoms with Crippen LogP contribution >= 0.6 is 0 Å². The molecule has 0 bridgehead atoms. The van der Waals surface area contributed by atoms with Gasteiger partial charge in [0.05, 0.1) is 12.7 Å². The molecule has 0 aromatic heterocycles. The minimum absolute atomic E-state index is 0.631. The topological polar surface area (TPSA) is 49.7 Å². The smallest absolute Gasteiger partial charge is 0.124 e. The van der Waals surface area contributed by atoms with Gasteiger partial charge in [-0.05, 0) is 50.7 Å². The van der Waals surface area contributed by atoms with Gasteiger partial charge in [-0.25, -0.2) is 0 Å². The summed E-state index contributed by atoms with van der Waals surface area (Å²) >= 11 is 0. The maximum atomic E-state index is 10.7. The fraction of sp³-hybridized carbons (Fsp3) is 0.625. The van der Waals surface area contributed by atoms with Gasteiger partial charge in [-0.2, -0.15) is 0 Å². The second-order valence-electron chi connectivity index (χ2n) is 5.93. The third-order valence-electron chi connectivity index (χ3n) is 4.33. The maximum absolute atomic E-state index is 10.7. The molecule has 1 unspecified atom stereocenters. The molecule has 0 spiro atoms. The van der Waals surface area contributed by atoms with E-state index in [2.05, 4.69) is 6.92 Å². The van der Waals surface area contributed by atoms with E-state index in [-0.39, 0.29) is 0 Å². The van der Waals surface area contributed by atoms with Crippen LogP contribution in [-0.4, -0.2) is 22.9 Å². The molecule has 3 nitrogen and oxygen atoms in total. The summed E-state index contributed by atoms with van der Waals surface area (Å²) < 4.78 is 5.31. The van der Waals surface area contributed by atoms with Gasteiger partial charge in [0, 0.05) is 5.56 Å². The molecular weight excluding hydrogens is 240 g/mol. The number of hydrogen-bond donors (Lipinski definition) is 2. The molecule has 1 aliphatic rings. The van der Waals surface area contributed by atoms with E-state index >= 15 is 0 Å². The number of aryl methyl sites for hydroxylation is 1. The van der Waals surface area contributed by atoms with Crippen molar-refractivity contribution in [3.05, 3.63) is 29.3 Å². The van der Waals surface area contributed by atoms with Crippen LogP contribution in [-0.2, 0) is 0 Å². The highest BCUT2D eigenvalue weighted by Crippen LogP contribution is 2.42. The van der Waals surface area contributed by atoms with E-state index in [1.807, 2.05) is 25.1 Å². The van der Waals surface area contributed by atoms with E-state index in [1.165, 1.54) is 0 Å². The second kappa shape index (κ2) is 5.51. The zero-order valence-corrected chi connectivity index (χ0v) is 12.0.